The van der Waals surface area contributed by atoms with Crippen LogP contribution in [0.5, 0.6) is 0 Å². The Morgan fingerprint density at radius 3 is 1.18 bits per heavy atom. The van der Waals surface area contributed by atoms with Crippen LogP contribution in [0.1, 0.15) is 162 Å². The molecule has 0 fully saturated rings. The molecule has 0 spiro atoms. The van der Waals surface area contributed by atoms with Crippen molar-refractivity contribution in [1.82, 2.24) is 0 Å². The van der Waals surface area contributed by atoms with Crippen molar-refractivity contribution in [3.63, 3.8) is 0 Å². The molecule has 28 heavy (non-hydrogen) atoms. The van der Waals surface area contributed by atoms with Crippen LogP contribution in [0.25, 0.3) is 0 Å². The largest absolute Gasteiger partial charge is 0.240 e. The number of hydrogen-bond acceptors (Lipinski definition) is 0. The van der Waals surface area contributed by atoms with Crippen molar-refractivity contribution in [1.29, 1.82) is 0 Å². The second-order valence-electron chi connectivity index (χ2n) is 9.13. The summed E-state index contributed by atoms with van der Waals surface area (Å²) in [5, 5.41) is 0. The van der Waals surface area contributed by atoms with Crippen molar-refractivity contribution < 1.29 is 4.39 Å². The third-order valence-corrected chi connectivity index (χ3v) is 6.27. The maximum absolute atomic E-state index is 14.9. The smallest absolute Gasteiger partial charge is 0.147 e. The number of rotatable bonds is 23. The summed E-state index contributed by atoms with van der Waals surface area (Å²) in [6.45, 7) is 6.80. The zero-order valence-corrected chi connectivity index (χ0v) is 20.0. The van der Waals surface area contributed by atoms with Gasteiger partial charge in [-0.3, -0.25) is 0 Å². The monoisotopic (exact) mass is 397 g/mol. The van der Waals surface area contributed by atoms with E-state index in [1.165, 1.54) is 116 Å². The highest BCUT2D eigenvalue weighted by Crippen LogP contribution is 2.32. The topological polar surface area (TPSA) is 0 Å². The molecular weight excluding hydrogens is 343 g/mol. The lowest BCUT2D eigenvalue weighted by Gasteiger charge is -2.20. The molecule has 0 aliphatic rings. The number of halogens is 1. The first kappa shape index (κ1) is 27.9. The van der Waals surface area contributed by atoms with Gasteiger partial charge in [-0.2, -0.15) is 0 Å². The van der Waals surface area contributed by atoms with Gasteiger partial charge in [-0.1, -0.05) is 143 Å². The molecule has 0 saturated heterocycles. The highest BCUT2D eigenvalue weighted by Gasteiger charge is 2.21. The van der Waals surface area contributed by atoms with Gasteiger partial charge in [-0.25, -0.2) is 4.39 Å². The fourth-order valence-electron chi connectivity index (χ4n) is 4.25. The Hall–Kier alpha value is -0.0700. The van der Waals surface area contributed by atoms with Crippen molar-refractivity contribution in [2.24, 2.45) is 5.92 Å². The van der Waals surface area contributed by atoms with Gasteiger partial charge in [-0.15, -0.1) is 0 Å². The second-order valence-corrected chi connectivity index (χ2v) is 9.13. The van der Waals surface area contributed by atoms with Gasteiger partial charge in [0, 0.05) is 0 Å². The zero-order valence-electron chi connectivity index (χ0n) is 20.0. The minimum Gasteiger partial charge on any atom is -0.240 e. The summed E-state index contributed by atoms with van der Waals surface area (Å²) in [5.74, 6) is 0.261. The highest BCUT2D eigenvalue weighted by molar-refractivity contribution is 4.85. The SMILES string of the molecule is CCCCCCCCC[C](F)C(CCCCCCC)CCCCCCCCC. The molecule has 0 aromatic heterocycles. The van der Waals surface area contributed by atoms with Gasteiger partial charge in [0.05, 0.1) is 0 Å². The molecule has 0 bridgehead atoms. The van der Waals surface area contributed by atoms with Crippen LogP contribution in [0.2, 0.25) is 0 Å². The predicted octanol–water partition coefficient (Wildman–Crippen LogP) is 10.7. The lowest BCUT2D eigenvalue weighted by atomic mass is 9.88. The fourth-order valence-corrected chi connectivity index (χ4v) is 4.25. The maximum Gasteiger partial charge on any atom is 0.147 e. The van der Waals surface area contributed by atoms with Crippen molar-refractivity contribution >= 4 is 0 Å². The Bertz CT molecular complexity index is 275. The van der Waals surface area contributed by atoms with Crippen molar-refractivity contribution in [2.45, 2.75) is 162 Å². The van der Waals surface area contributed by atoms with Crippen LogP contribution < -0.4 is 0 Å². The molecule has 1 heteroatoms. The first-order valence-corrected chi connectivity index (χ1v) is 13.3. The Morgan fingerprint density at radius 2 is 0.786 bits per heavy atom. The molecule has 1 radical (unpaired) electrons. The Labute approximate surface area is 178 Å². The summed E-state index contributed by atoms with van der Waals surface area (Å²) in [6.07, 6.45) is 28.1. The average Bonchev–Trinajstić information content (AvgIpc) is 2.70. The summed E-state index contributed by atoms with van der Waals surface area (Å²) >= 11 is 0. The van der Waals surface area contributed by atoms with Crippen molar-refractivity contribution in [3.8, 4) is 0 Å². The molecule has 0 aliphatic carbocycles. The minimum atomic E-state index is 0.261. The standard InChI is InChI=1S/C27H54F/c1-4-7-10-13-15-18-21-24-26(23-20-17-12-9-6-3)27(28)25-22-19-16-14-11-8-5-2/h26H,4-25H2,1-3H3. The van der Waals surface area contributed by atoms with E-state index >= 15 is 0 Å². The summed E-state index contributed by atoms with van der Waals surface area (Å²) in [7, 11) is 0. The van der Waals surface area contributed by atoms with E-state index in [9.17, 15) is 4.39 Å². The van der Waals surface area contributed by atoms with E-state index in [-0.39, 0.29) is 5.92 Å². The molecule has 0 aliphatic heterocycles. The van der Waals surface area contributed by atoms with Crippen LogP contribution in [0, 0.1) is 12.1 Å². The van der Waals surface area contributed by atoms with Crippen LogP contribution in [0.4, 0.5) is 4.39 Å². The zero-order chi connectivity index (χ0) is 20.7. The maximum atomic E-state index is 14.9. The van der Waals surface area contributed by atoms with Crippen LogP contribution in [0.3, 0.4) is 0 Å². The van der Waals surface area contributed by atoms with Crippen LogP contribution in [-0.4, -0.2) is 0 Å². The molecule has 1 unspecified atom stereocenters. The summed E-state index contributed by atoms with van der Waals surface area (Å²) in [4.78, 5) is 0. The Kier molecular flexibility index (Phi) is 23.2. The molecule has 0 nitrogen and oxygen atoms in total. The predicted molar refractivity (Wildman–Crippen MR) is 126 cm³/mol. The van der Waals surface area contributed by atoms with E-state index in [4.69, 9.17) is 0 Å². The minimum absolute atomic E-state index is 0.261. The van der Waals surface area contributed by atoms with Gasteiger partial charge < -0.3 is 0 Å². The van der Waals surface area contributed by atoms with Crippen LogP contribution >= 0.6 is 0 Å². The lowest BCUT2D eigenvalue weighted by Crippen LogP contribution is -2.09. The first-order valence-electron chi connectivity index (χ1n) is 13.3. The van der Waals surface area contributed by atoms with E-state index < -0.39 is 0 Å². The number of unbranched alkanes of at least 4 members (excludes halogenated alkanes) is 16. The van der Waals surface area contributed by atoms with Gasteiger partial charge in [-0.05, 0) is 25.2 Å². The van der Waals surface area contributed by atoms with Gasteiger partial charge >= 0.3 is 0 Å². The second kappa shape index (κ2) is 23.2. The third-order valence-electron chi connectivity index (χ3n) is 6.27. The molecular formula is C27H54F. The van der Waals surface area contributed by atoms with Gasteiger partial charge in [0.1, 0.15) is 6.17 Å². The first-order chi connectivity index (χ1) is 13.8. The normalized spacial score (nSPS) is 12.8. The van der Waals surface area contributed by atoms with E-state index in [2.05, 4.69) is 20.8 Å². The Balaban J connectivity index is 3.97. The van der Waals surface area contributed by atoms with Crippen molar-refractivity contribution in [2.75, 3.05) is 0 Å². The van der Waals surface area contributed by atoms with Crippen LogP contribution in [-0.2, 0) is 0 Å². The molecule has 0 saturated carbocycles. The van der Waals surface area contributed by atoms with E-state index in [0.717, 1.165) is 25.7 Å². The summed E-state index contributed by atoms with van der Waals surface area (Å²) < 4.78 is 14.9. The van der Waals surface area contributed by atoms with Gasteiger partial charge in [0.25, 0.3) is 0 Å². The van der Waals surface area contributed by atoms with E-state index in [0.29, 0.717) is 6.17 Å². The number of hydrogen-bond donors (Lipinski definition) is 0. The molecule has 0 amide bonds. The van der Waals surface area contributed by atoms with Gasteiger partial charge in [0.2, 0.25) is 0 Å². The molecule has 0 heterocycles. The molecule has 0 aromatic carbocycles. The van der Waals surface area contributed by atoms with Gasteiger partial charge in [0.15, 0.2) is 0 Å². The summed E-state index contributed by atoms with van der Waals surface area (Å²) in [5.41, 5.74) is 0. The molecule has 0 rings (SSSR count). The highest BCUT2D eigenvalue weighted by atomic mass is 19.1. The summed E-state index contributed by atoms with van der Waals surface area (Å²) in [6, 6.07) is 0. The fraction of sp³-hybridized carbons (Fsp3) is 0.963. The molecule has 1 atom stereocenters. The van der Waals surface area contributed by atoms with E-state index in [1.807, 2.05) is 0 Å². The molecule has 0 aromatic rings. The van der Waals surface area contributed by atoms with Crippen LogP contribution in [0.15, 0.2) is 0 Å². The van der Waals surface area contributed by atoms with Crippen molar-refractivity contribution in [3.05, 3.63) is 6.17 Å². The van der Waals surface area contributed by atoms with E-state index in [1.54, 1.807) is 0 Å². The lowest BCUT2D eigenvalue weighted by molar-refractivity contribution is 0.284. The molecule has 169 valence electrons. The third kappa shape index (κ3) is 19.3. The average molecular weight is 398 g/mol. The molecule has 0 N–H and O–H groups in total. The Morgan fingerprint density at radius 1 is 0.464 bits per heavy atom. The quantitative estimate of drug-likeness (QED) is 0.150.